The molecule has 5 saturated carbocycles. The smallest absolute Gasteiger partial charge is 0.396 e. The van der Waals surface area contributed by atoms with Crippen LogP contribution in [0.4, 0.5) is 13.2 Å². The Morgan fingerprint density at radius 3 is 2.21 bits per heavy atom. The van der Waals surface area contributed by atoms with Crippen molar-refractivity contribution >= 4 is 11.9 Å². The topological polar surface area (TPSA) is 57.5 Å². The van der Waals surface area contributed by atoms with E-state index in [1.165, 1.54) is 12.1 Å². The first kappa shape index (κ1) is 31.3. The lowest BCUT2D eigenvalue weighted by Crippen LogP contribution is -2.67. The summed E-state index contributed by atoms with van der Waals surface area (Å²) in [4.78, 5) is 13.9. The molecule has 1 aromatic rings. The zero-order valence-corrected chi connectivity index (χ0v) is 26.6. The third kappa shape index (κ3) is 4.46. The van der Waals surface area contributed by atoms with Crippen molar-refractivity contribution in [2.75, 3.05) is 6.61 Å². The zero-order valence-electron chi connectivity index (χ0n) is 26.6. The van der Waals surface area contributed by atoms with Gasteiger partial charge in [-0.1, -0.05) is 52.8 Å². The van der Waals surface area contributed by atoms with Crippen molar-refractivity contribution in [1.29, 1.82) is 0 Å². The number of aliphatic hydroxyl groups is 2. The van der Waals surface area contributed by atoms with E-state index in [1.807, 2.05) is 0 Å². The molecule has 0 bridgehead atoms. The first-order valence-electron chi connectivity index (χ1n) is 16.7. The molecule has 0 spiro atoms. The summed E-state index contributed by atoms with van der Waals surface area (Å²) in [5, 5.41) is 21.8. The van der Waals surface area contributed by atoms with Gasteiger partial charge in [0.05, 0.1) is 11.7 Å². The number of halogens is 3. The van der Waals surface area contributed by atoms with Crippen LogP contribution in [0, 0.1) is 56.7 Å². The fourth-order valence-corrected chi connectivity index (χ4v) is 12.4. The normalized spacial score (nSPS) is 45.6. The van der Waals surface area contributed by atoms with E-state index < -0.39 is 11.7 Å². The van der Waals surface area contributed by atoms with Crippen molar-refractivity contribution < 1.29 is 28.2 Å². The minimum Gasteiger partial charge on any atom is -0.396 e. The highest BCUT2D eigenvalue weighted by Gasteiger charge is 2.71. The quantitative estimate of drug-likeness (QED) is 0.340. The van der Waals surface area contributed by atoms with Crippen LogP contribution in [-0.4, -0.2) is 28.7 Å². The fraction of sp³-hybridized carbons (Fsp3) is 0.757. The Bertz CT molecular complexity index is 1270. The number of allylic oxidation sites excluding steroid dienone is 1. The Morgan fingerprint density at radius 1 is 0.860 bits per heavy atom. The summed E-state index contributed by atoms with van der Waals surface area (Å²) in [6.07, 6.45) is 8.67. The maximum Gasteiger partial charge on any atom is 0.416 e. The van der Waals surface area contributed by atoms with Gasteiger partial charge in [-0.25, -0.2) is 0 Å². The summed E-state index contributed by atoms with van der Waals surface area (Å²) in [6, 6.07) is 4.96. The Balaban J connectivity index is 1.29. The van der Waals surface area contributed by atoms with Crippen LogP contribution in [0.3, 0.4) is 0 Å². The molecular weight excluding hydrogens is 549 g/mol. The molecule has 1 aromatic carbocycles. The van der Waals surface area contributed by atoms with E-state index in [4.69, 9.17) is 0 Å². The summed E-state index contributed by atoms with van der Waals surface area (Å²) in [6.45, 7) is 12.2. The van der Waals surface area contributed by atoms with Gasteiger partial charge in [0, 0.05) is 12.5 Å². The first-order chi connectivity index (χ1) is 20.0. The Hall–Kier alpha value is -1.66. The van der Waals surface area contributed by atoms with Crippen LogP contribution >= 0.6 is 0 Å². The van der Waals surface area contributed by atoms with Crippen molar-refractivity contribution in [1.82, 2.24) is 0 Å². The molecular formula is C37H51F3O3. The Kier molecular flexibility index (Phi) is 7.41. The number of carbonyl (C=O) groups excluding carboxylic acids is 1. The van der Waals surface area contributed by atoms with Crippen LogP contribution in [0.5, 0.6) is 0 Å². The van der Waals surface area contributed by atoms with Gasteiger partial charge in [0.2, 0.25) is 0 Å². The van der Waals surface area contributed by atoms with E-state index in [-0.39, 0.29) is 57.4 Å². The number of hydrogen-bond acceptors (Lipinski definition) is 3. The predicted molar refractivity (Wildman–Crippen MR) is 163 cm³/mol. The van der Waals surface area contributed by atoms with Gasteiger partial charge in [0.25, 0.3) is 0 Å². The van der Waals surface area contributed by atoms with Gasteiger partial charge in [0.15, 0.2) is 5.78 Å². The summed E-state index contributed by atoms with van der Waals surface area (Å²) >= 11 is 0. The van der Waals surface area contributed by atoms with Crippen LogP contribution in [0.2, 0.25) is 0 Å². The molecule has 0 heterocycles. The molecule has 0 unspecified atom stereocenters. The van der Waals surface area contributed by atoms with Crippen molar-refractivity contribution in [2.24, 2.45) is 56.7 Å². The van der Waals surface area contributed by atoms with Crippen molar-refractivity contribution in [3.8, 4) is 0 Å². The summed E-state index contributed by atoms with van der Waals surface area (Å²) < 4.78 is 39.0. The maximum atomic E-state index is 13.9. The highest BCUT2D eigenvalue weighted by atomic mass is 19.4. The molecule has 3 nitrogen and oxygen atoms in total. The van der Waals surface area contributed by atoms with Gasteiger partial charge in [-0.2, -0.15) is 13.2 Å². The van der Waals surface area contributed by atoms with Gasteiger partial charge in [-0.15, -0.1) is 0 Å². The molecule has 0 aromatic heterocycles. The highest BCUT2D eigenvalue weighted by Crippen LogP contribution is 2.77. The lowest BCUT2D eigenvalue weighted by Gasteiger charge is -2.72. The molecule has 238 valence electrons. The molecule has 0 amide bonds. The van der Waals surface area contributed by atoms with E-state index in [0.29, 0.717) is 23.3 Å². The molecule has 43 heavy (non-hydrogen) atoms. The summed E-state index contributed by atoms with van der Waals surface area (Å²) in [5.41, 5.74) is -0.0485. The highest BCUT2D eigenvalue weighted by molar-refractivity contribution is 5.95. The van der Waals surface area contributed by atoms with Crippen molar-refractivity contribution in [2.45, 2.75) is 111 Å². The maximum absolute atomic E-state index is 13.9. The fourth-order valence-electron chi connectivity index (χ4n) is 12.4. The average Bonchev–Trinajstić information content (AvgIpc) is 3.34. The van der Waals surface area contributed by atoms with E-state index in [1.54, 1.807) is 12.2 Å². The second-order valence-corrected chi connectivity index (χ2v) is 16.6. The monoisotopic (exact) mass is 600 g/mol. The molecule has 2 N–H and O–H groups in total. The number of hydrogen-bond donors (Lipinski definition) is 2. The number of rotatable bonds is 4. The minimum atomic E-state index is -4.38. The third-order valence-electron chi connectivity index (χ3n) is 14.9. The van der Waals surface area contributed by atoms with E-state index >= 15 is 0 Å². The van der Waals surface area contributed by atoms with Gasteiger partial charge >= 0.3 is 6.18 Å². The molecule has 5 aliphatic carbocycles. The molecule has 6 heteroatoms. The molecule has 5 aliphatic rings. The Morgan fingerprint density at radius 2 is 1.56 bits per heavy atom. The number of ketones is 1. The standard InChI is InChI=1S/C37H51F3O3/c1-32(2)28-15-18-35(5)29(33(28,3)17-16-30(32)43)13-11-26-31-25(14-19-36(31,22-41)21-20-34(26,35)4)27(42)12-8-23-6-9-24(10-7-23)37(38,39)40/h6-10,12,25-26,28-31,41,43H,11,13-22H2,1-5H3/b12-8+/t25-,26+,28-,29+,30-,31+,33-,34+,35+,36+/m0/s1. The molecule has 6 rings (SSSR count). The van der Waals surface area contributed by atoms with Crippen molar-refractivity contribution in [3.63, 3.8) is 0 Å². The number of aliphatic hydroxyl groups excluding tert-OH is 2. The number of alkyl halides is 3. The second kappa shape index (κ2) is 10.2. The first-order valence-corrected chi connectivity index (χ1v) is 16.7. The van der Waals surface area contributed by atoms with Crippen LogP contribution in [-0.2, 0) is 11.0 Å². The largest absolute Gasteiger partial charge is 0.416 e. The summed E-state index contributed by atoms with van der Waals surface area (Å²) in [7, 11) is 0. The second-order valence-electron chi connectivity index (χ2n) is 16.6. The van der Waals surface area contributed by atoms with Crippen LogP contribution in [0.1, 0.15) is 110 Å². The molecule has 10 atom stereocenters. The number of fused-ring (bicyclic) bond motifs is 7. The minimum absolute atomic E-state index is 0.0513. The predicted octanol–water partition coefficient (Wildman–Crippen LogP) is 8.72. The van der Waals surface area contributed by atoms with Gasteiger partial charge in [0.1, 0.15) is 0 Å². The van der Waals surface area contributed by atoms with E-state index in [0.717, 1.165) is 76.3 Å². The lowest BCUT2D eigenvalue weighted by atomic mass is 9.32. The van der Waals surface area contributed by atoms with Crippen LogP contribution < -0.4 is 0 Å². The van der Waals surface area contributed by atoms with E-state index in [9.17, 15) is 28.2 Å². The molecule has 0 aliphatic heterocycles. The van der Waals surface area contributed by atoms with Gasteiger partial charge in [-0.3, -0.25) is 4.79 Å². The van der Waals surface area contributed by atoms with Crippen LogP contribution in [0.15, 0.2) is 30.3 Å². The third-order valence-corrected chi connectivity index (χ3v) is 14.9. The van der Waals surface area contributed by atoms with Gasteiger partial charge in [-0.05, 0) is 139 Å². The molecule has 5 fully saturated rings. The number of benzene rings is 1. The summed E-state index contributed by atoms with van der Waals surface area (Å²) in [5.74, 6) is 1.43. The van der Waals surface area contributed by atoms with Gasteiger partial charge < -0.3 is 10.2 Å². The molecule has 0 saturated heterocycles. The van der Waals surface area contributed by atoms with Crippen LogP contribution in [0.25, 0.3) is 6.08 Å². The number of carbonyl (C=O) groups is 1. The van der Waals surface area contributed by atoms with Crippen molar-refractivity contribution in [3.05, 3.63) is 41.5 Å². The SMILES string of the molecule is CC1(C)[C@@H](O)CC[C@]2(C)[C@H]3CC[C@@H]4[C@H]5[C@H](C(=O)/C=C/c6ccc(C(F)(F)F)cc6)CC[C@]5(CO)CC[C@@]4(C)[C@]3(C)CC[C@@H]12. The lowest BCUT2D eigenvalue weighted by molar-refractivity contribution is -0.249. The van der Waals surface area contributed by atoms with E-state index in [2.05, 4.69) is 34.6 Å². The zero-order chi connectivity index (χ0) is 31.2. The average molecular weight is 601 g/mol. The molecule has 0 radical (unpaired) electrons. The Labute approximate surface area is 255 Å².